The molecule has 5 rings (SSSR count). The molecule has 0 aromatic heterocycles. The van der Waals surface area contributed by atoms with Crippen LogP contribution in [-0.2, 0) is 27.3 Å². The predicted octanol–water partition coefficient (Wildman–Crippen LogP) is 5.25. The SMILES string of the molecule is O=C(O)CN(Cc1ccccc1)C(=O)[C@@H](Cc1ccccc1)NC(=O)OCC1c2ccccc2-c2ccccc21. The van der Waals surface area contributed by atoms with E-state index in [1.807, 2.05) is 97.1 Å². The number of nitrogens with one attached hydrogen (secondary N) is 1. The molecule has 2 amide bonds. The molecule has 7 nitrogen and oxygen atoms in total. The van der Waals surface area contributed by atoms with Crippen LogP contribution >= 0.6 is 0 Å². The number of aliphatic carboxylic acids is 1. The number of hydrogen-bond acceptors (Lipinski definition) is 4. The number of rotatable bonds is 10. The molecule has 4 aromatic rings. The summed E-state index contributed by atoms with van der Waals surface area (Å²) >= 11 is 0. The second kappa shape index (κ2) is 12.3. The summed E-state index contributed by atoms with van der Waals surface area (Å²) < 4.78 is 5.70. The van der Waals surface area contributed by atoms with Gasteiger partial charge in [0.1, 0.15) is 19.2 Å². The van der Waals surface area contributed by atoms with Crippen LogP contribution in [0.4, 0.5) is 4.79 Å². The van der Waals surface area contributed by atoms with E-state index in [1.54, 1.807) is 0 Å². The molecule has 0 heterocycles. The second-order valence-corrected chi connectivity index (χ2v) is 9.79. The average molecular weight is 535 g/mol. The number of hydrogen-bond donors (Lipinski definition) is 2. The molecule has 4 aromatic carbocycles. The number of fused-ring (bicyclic) bond motifs is 3. The van der Waals surface area contributed by atoms with Crippen molar-refractivity contribution in [1.82, 2.24) is 10.2 Å². The number of carbonyl (C=O) groups is 3. The zero-order valence-electron chi connectivity index (χ0n) is 21.9. The van der Waals surface area contributed by atoms with Crippen LogP contribution < -0.4 is 5.32 Å². The molecule has 0 unspecified atom stereocenters. The molecular formula is C33H30N2O5. The van der Waals surface area contributed by atoms with Gasteiger partial charge in [-0.2, -0.15) is 0 Å². The summed E-state index contributed by atoms with van der Waals surface area (Å²) in [5.74, 6) is -1.75. The third-order valence-electron chi connectivity index (χ3n) is 7.07. The molecule has 1 atom stereocenters. The fraction of sp³-hybridized carbons (Fsp3) is 0.182. The van der Waals surface area contributed by atoms with Gasteiger partial charge >= 0.3 is 12.1 Å². The number of carbonyl (C=O) groups excluding carboxylic acids is 2. The standard InChI is InChI=1S/C33H30N2O5/c36-31(37)21-35(20-24-13-5-2-6-14-24)32(38)30(19-23-11-3-1-4-12-23)34-33(39)40-22-29-27-17-9-7-15-25(27)26-16-8-10-18-28(26)29/h1-18,29-30H,19-22H2,(H,34,39)(H,36,37)/t30-/m1/s1. The van der Waals surface area contributed by atoms with Gasteiger partial charge in [0.15, 0.2) is 0 Å². The topological polar surface area (TPSA) is 95.9 Å². The summed E-state index contributed by atoms with van der Waals surface area (Å²) in [6.45, 7) is -0.288. The first-order chi connectivity index (χ1) is 19.5. The summed E-state index contributed by atoms with van der Waals surface area (Å²) in [5, 5.41) is 12.3. The van der Waals surface area contributed by atoms with Crippen LogP contribution in [0.1, 0.15) is 28.2 Å². The summed E-state index contributed by atoms with van der Waals surface area (Å²) in [6, 6.07) is 33.6. The summed E-state index contributed by atoms with van der Waals surface area (Å²) in [5.41, 5.74) is 6.03. The Kier molecular flexibility index (Phi) is 8.21. The summed E-state index contributed by atoms with van der Waals surface area (Å²) in [7, 11) is 0. The molecule has 0 aliphatic heterocycles. The van der Waals surface area contributed by atoms with Crippen LogP contribution in [0.5, 0.6) is 0 Å². The Balaban J connectivity index is 1.33. The number of alkyl carbamates (subject to hydrolysis) is 1. The lowest BCUT2D eigenvalue weighted by atomic mass is 9.98. The molecule has 7 heteroatoms. The minimum atomic E-state index is -1.14. The van der Waals surface area contributed by atoms with E-state index in [2.05, 4.69) is 17.4 Å². The third kappa shape index (κ3) is 6.21. The molecule has 0 spiro atoms. The van der Waals surface area contributed by atoms with Crippen LogP contribution in [0.2, 0.25) is 0 Å². The monoisotopic (exact) mass is 534 g/mol. The van der Waals surface area contributed by atoms with Gasteiger partial charge in [0.25, 0.3) is 0 Å². The number of benzene rings is 4. The molecular weight excluding hydrogens is 504 g/mol. The van der Waals surface area contributed by atoms with Gasteiger partial charge in [-0.1, -0.05) is 109 Å². The fourth-order valence-electron chi connectivity index (χ4n) is 5.23. The van der Waals surface area contributed by atoms with E-state index < -0.39 is 30.6 Å². The van der Waals surface area contributed by atoms with Gasteiger partial charge in [-0.25, -0.2) is 4.79 Å². The Morgan fingerprint density at radius 2 is 1.27 bits per heavy atom. The Bertz CT molecular complexity index is 1440. The first-order valence-electron chi connectivity index (χ1n) is 13.2. The highest BCUT2D eigenvalue weighted by atomic mass is 16.5. The smallest absolute Gasteiger partial charge is 0.407 e. The van der Waals surface area contributed by atoms with Crippen molar-refractivity contribution in [1.29, 1.82) is 0 Å². The zero-order chi connectivity index (χ0) is 27.9. The van der Waals surface area contributed by atoms with Crippen LogP contribution in [-0.4, -0.2) is 47.2 Å². The maximum absolute atomic E-state index is 13.7. The molecule has 202 valence electrons. The molecule has 1 aliphatic carbocycles. The van der Waals surface area contributed by atoms with Gasteiger partial charge in [-0.15, -0.1) is 0 Å². The van der Waals surface area contributed by atoms with Crippen LogP contribution in [0, 0.1) is 0 Å². The maximum Gasteiger partial charge on any atom is 0.407 e. The van der Waals surface area contributed by atoms with E-state index >= 15 is 0 Å². The summed E-state index contributed by atoms with van der Waals surface area (Å²) in [6.07, 6.45) is -0.541. The molecule has 1 aliphatic rings. The van der Waals surface area contributed by atoms with Gasteiger partial charge in [0, 0.05) is 18.9 Å². The van der Waals surface area contributed by atoms with E-state index in [4.69, 9.17) is 4.74 Å². The fourth-order valence-corrected chi connectivity index (χ4v) is 5.23. The Morgan fingerprint density at radius 3 is 1.85 bits per heavy atom. The van der Waals surface area contributed by atoms with Gasteiger partial charge < -0.3 is 20.1 Å². The van der Waals surface area contributed by atoms with Gasteiger partial charge in [-0.3, -0.25) is 9.59 Å². The van der Waals surface area contributed by atoms with Crippen molar-refractivity contribution in [3.8, 4) is 11.1 Å². The Labute approximate surface area is 233 Å². The van der Waals surface area contributed by atoms with E-state index in [9.17, 15) is 19.5 Å². The average Bonchev–Trinajstić information content (AvgIpc) is 3.29. The Morgan fingerprint density at radius 1 is 0.750 bits per heavy atom. The maximum atomic E-state index is 13.7. The van der Waals surface area contributed by atoms with E-state index in [0.29, 0.717) is 0 Å². The lowest BCUT2D eigenvalue weighted by molar-refractivity contribution is -0.145. The number of nitrogens with zero attached hydrogens (tertiary/aromatic N) is 1. The predicted molar refractivity (Wildman–Crippen MR) is 152 cm³/mol. The van der Waals surface area contributed by atoms with Crippen molar-refractivity contribution in [2.24, 2.45) is 0 Å². The van der Waals surface area contributed by atoms with Crippen LogP contribution in [0.25, 0.3) is 11.1 Å². The van der Waals surface area contributed by atoms with Crippen molar-refractivity contribution in [2.75, 3.05) is 13.2 Å². The highest BCUT2D eigenvalue weighted by Crippen LogP contribution is 2.44. The van der Waals surface area contributed by atoms with Crippen molar-refractivity contribution in [3.05, 3.63) is 131 Å². The Hall–Kier alpha value is -4.91. The number of carboxylic acids is 1. The third-order valence-corrected chi connectivity index (χ3v) is 7.07. The molecule has 40 heavy (non-hydrogen) atoms. The van der Waals surface area contributed by atoms with Gasteiger partial charge in [-0.05, 0) is 33.4 Å². The van der Waals surface area contributed by atoms with Crippen molar-refractivity contribution in [3.63, 3.8) is 0 Å². The van der Waals surface area contributed by atoms with E-state index in [-0.39, 0.29) is 25.5 Å². The molecule has 0 saturated carbocycles. The number of ether oxygens (including phenoxy) is 1. The summed E-state index contributed by atoms with van der Waals surface area (Å²) in [4.78, 5) is 39.7. The zero-order valence-corrected chi connectivity index (χ0v) is 21.9. The van der Waals surface area contributed by atoms with Crippen molar-refractivity contribution < 1.29 is 24.2 Å². The lowest BCUT2D eigenvalue weighted by Gasteiger charge is -2.27. The lowest BCUT2D eigenvalue weighted by Crippen LogP contribution is -2.51. The van der Waals surface area contributed by atoms with E-state index in [1.165, 1.54) is 4.90 Å². The van der Waals surface area contributed by atoms with Gasteiger partial charge in [0.05, 0.1) is 0 Å². The molecule has 0 bridgehead atoms. The number of carboxylic acid groups (broad SMARTS) is 1. The van der Waals surface area contributed by atoms with Crippen LogP contribution in [0.15, 0.2) is 109 Å². The highest BCUT2D eigenvalue weighted by Gasteiger charge is 2.31. The van der Waals surface area contributed by atoms with Crippen LogP contribution in [0.3, 0.4) is 0 Å². The number of amides is 2. The quantitative estimate of drug-likeness (QED) is 0.290. The molecule has 0 fully saturated rings. The van der Waals surface area contributed by atoms with Crippen molar-refractivity contribution in [2.45, 2.75) is 24.9 Å². The van der Waals surface area contributed by atoms with Gasteiger partial charge in [0.2, 0.25) is 5.91 Å². The molecule has 0 radical (unpaired) electrons. The highest BCUT2D eigenvalue weighted by molar-refractivity contribution is 5.88. The second-order valence-electron chi connectivity index (χ2n) is 9.79. The molecule has 0 saturated heterocycles. The first kappa shape index (κ1) is 26.7. The minimum Gasteiger partial charge on any atom is -0.480 e. The first-order valence-corrected chi connectivity index (χ1v) is 13.2. The largest absolute Gasteiger partial charge is 0.480 e. The van der Waals surface area contributed by atoms with Crippen molar-refractivity contribution >= 4 is 18.0 Å². The normalized spacial score (nSPS) is 12.6. The van der Waals surface area contributed by atoms with E-state index in [0.717, 1.165) is 33.4 Å². The minimum absolute atomic E-state index is 0.101. The molecule has 2 N–H and O–H groups in total.